The number of fused-ring (bicyclic) bond motifs is 4. The second kappa shape index (κ2) is 11.2. The highest BCUT2D eigenvalue weighted by molar-refractivity contribution is 6.13. The van der Waals surface area contributed by atoms with Crippen LogP contribution in [0.1, 0.15) is 0 Å². The van der Waals surface area contributed by atoms with Gasteiger partial charge in [-0.2, -0.15) is 0 Å². The van der Waals surface area contributed by atoms with E-state index >= 15 is 0 Å². The van der Waals surface area contributed by atoms with Gasteiger partial charge < -0.3 is 13.7 Å². The Morgan fingerprint density at radius 2 is 1.02 bits per heavy atom. The van der Waals surface area contributed by atoms with E-state index in [2.05, 4.69) is 132 Å². The number of oxazole rings is 1. The van der Waals surface area contributed by atoms with E-state index < -0.39 is 0 Å². The number of hydrogen-bond donors (Lipinski definition) is 0. The number of anilines is 3. The van der Waals surface area contributed by atoms with Gasteiger partial charge in [-0.05, 0) is 70.8 Å². The molecule has 9 aromatic rings. The summed E-state index contributed by atoms with van der Waals surface area (Å²) in [6.45, 7) is 0. The predicted octanol–water partition coefficient (Wildman–Crippen LogP) is 12.2. The monoisotopic (exact) mass is 604 g/mol. The maximum atomic E-state index is 6.66. The van der Waals surface area contributed by atoms with Crippen molar-refractivity contribution in [3.8, 4) is 33.7 Å². The molecule has 2 aromatic heterocycles. The fourth-order valence-corrected chi connectivity index (χ4v) is 6.48. The van der Waals surface area contributed by atoms with Crippen molar-refractivity contribution in [3.63, 3.8) is 0 Å². The van der Waals surface area contributed by atoms with E-state index in [0.717, 1.165) is 55.6 Å². The molecule has 0 aliphatic carbocycles. The third-order valence-electron chi connectivity index (χ3n) is 8.71. The highest BCUT2D eigenvalue weighted by atomic mass is 16.4. The van der Waals surface area contributed by atoms with Gasteiger partial charge in [0, 0.05) is 33.8 Å². The first kappa shape index (κ1) is 27.0. The lowest BCUT2D eigenvalue weighted by atomic mass is 9.94. The van der Waals surface area contributed by atoms with Crippen molar-refractivity contribution in [2.24, 2.45) is 0 Å². The van der Waals surface area contributed by atoms with Gasteiger partial charge in [-0.1, -0.05) is 115 Å². The number of para-hydroxylation sites is 2. The summed E-state index contributed by atoms with van der Waals surface area (Å²) in [5, 5.41) is 2.03. The molecule has 0 unspecified atom stereocenters. The Labute approximate surface area is 271 Å². The van der Waals surface area contributed by atoms with Crippen LogP contribution in [0.2, 0.25) is 0 Å². The van der Waals surface area contributed by atoms with Gasteiger partial charge in [0.25, 0.3) is 0 Å². The lowest BCUT2D eigenvalue weighted by Crippen LogP contribution is -2.10. The molecule has 0 amide bonds. The van der Waals surface area contributed by atoms with Crippen molar-refractivity contribution < 1.29 is 8.83 Å². The first-order chi connectivity index (χ1) is 23.3. The number of nitrogens with zero attached hydrogens (tertiary/aromatic N) is 2. The summed E-state index contributed by atoms with van der Waals surface area (Å²) in [6, 6.07) is 58.6. The molecule has 47 heavy (non-hydrogen) atoms. The zero-order valence-corrected chi connectivity index (χ0v) is 25.4. The fourth-order valence-electron chi connectivity index (χ4n) is 6.48. The molecule has 0 saturated heterocycles. The Balaban J connectivity index is 1.16. The van der Waals surface area contributed by atoms with E-state index in [9.17, 15) is 0 Å². The van der Waals surface area contributed by atoms with E-state index in [4.69, 9.17) is 13.8 Å². The molecule has 222 valence electrons. The van der Waals surface area contributed by atoms with Crippen molar-refractivity contribution in [1.29, 1.82) is 0 Å². The van der Waals surface area contributed by atoms with E-state index in [0.29, 0.717) is 11.5 Å². The number of hydrogen-bond acceptors (Lipinski definition) is 4. The van der Waals surface area contributed by atoms with Crippen LogP contribution in [0.4, 0.5) is 17.1 Å². The van der Waals surface area contributed by atoms with E-state index in [1.807, 2.05) is 42.5 Å². The molecule has 9 rings (SSSR count). The zero-order valence-electron chi connectivity index (χ0n) is 25.4. The molecular weight excluding hydrogens is 576 g/mol. The van der Waals surface area contributed by atoms with Crippen LogP contribution in [0.5, 0.6) is 0 Å². The molecular formula is C43H28N2O2. The first-order valence-corrected chi connectivity index (χ1v) is 15.7. The molecule has 0 radical (unpaired) electrons. The Kier molecular flexibility index (Phi) is 6.43. The van der Waals surface area contributed by atoms with Gasteiger partial charge in [0.1, 0.15) is 11.1 Å². The third kappa shape index (κ3) is 4.75. The van der Waals surface area contributed by atoms with Crippen LogP contribution in [0.15, 0.2) is 179 Å². The van der Waals surface area contributed by atoms with Gasteiger partial charge in [0.2, 0.25) is 5.89 Å². The molecule has 0 spiro atoms. The van der Waals surface area contributed by atoms with Gasteiger partial charge in [-0.15, -0.1) is 0 Å². The molecule has 7 aromatic carbocycles. The summed E-state index contributed by atoms with van der Waals surface area (Å²) in [7, 11) is 0. The molecule has 4 heteroatoms. The lowest BCUT2D eigenvalue weighted by molar-refractivity contribution is 0.617. The molecule has 0 saturated carbocycles. The van der Waals surface area contributed by atoms with Crippen LogP contribution in [-0.2, 0) is 0 Å². The van der Waals surface area contributed by atoms with Crippen LogP contribution in [0.25, 0.3) is 66.7 Å². The Morgan fingerprint density at radius 1 is 0.426 bits per heavy atom. The number of furan rings is 1. The Hall–Kier alpha value is -6.39. The van der Waals surface area contributed by atoms with Crippen molar-refractivity contribution >= 4 is 50.1 Å². The minimum absolute atomic E-state index is 0.600. The van der Waals surface area contributed by atoms with Crippen LogP contribution >= 0.6 is 0 Å². The molecule has 4 nitrogen and oxygen atoms in total. The molecule has 0 aliphatic heterocycles. The maximum absolute atomic E-state index is 6.66. The quantitative estimate of drug-likeness (QED) is 0.189. The summed E-state index contributed by atoms with van der Waals surface area (Å²) in [5.74, 6) is 0.600. The minimum Gasteiger partial charge on any atom is -0.454 e. The largest absolute Gasteiger partial charge is 0.454 e. The van der Waals surface area contributed by atoms with Crippen molar-refractivity contribution in [2.75, 3.05) is 4.90 Å². The fraction of sp³-hybridized carbons (Fsp3) is 0. The maximum Gasteiger partial charge on any atom is 0.227 e. The van der Waals surface area contributed by atoms with Crippen LogP contribution in [-0.4, -0.2) is 4.98 Å². The van der Waals surface area contributed by atoms with Gasteiger partial charge in [-0.25, -0.2) is 4.98 Å². The lowest BCUT2D eigenvalue weighted by Gasteiger charge is -2.25. The molecule has 0 N–H and O–H groups in total. The average Bonchev–Trinajstić information content (AvgIpc) is 3.73. The van der Waals surface area contributed by atoms with Gasteiger partial charge in [0.15, 0.2) is 11.2 Å². The summed E-state index contributed by atoms with van der Waals surface area (Å²) >= 11 is 0. The highest BCUT2D eigenvalue weighted by Gasteiger charge is 2.21. The van der Waals surface area contributed by atoms with Crippen LogP contribution in [0, 0.1) is 0 Å². The molecule has 0 bridgehead atoms. The Bertz CT molecular complexity index is 2500. The van der Waals surface area contributed by atoms with E-state index in [-0.39, 0.29) is 0 Å². The van der Waals surface area contributed by atoms with Gasteiger partial charge in [0.05, 0.1) is 5.69 Å². The standard InChI is InChI=1S/C43H28N2O2/c1-4-13-29(14-5-1)34-19-10-11-20-35(34)30-23-25-33(26-24-30)45(32-17-8-3-9-18-32)39-22-12-21-36-37-27-38-41(28-40(37)46-42(36)39)47-43(44-38)31-15-6-2-7-16-31/h1-28H. The van der Waals surface area contributed by atoms with Crippen LogP contribution < -0.4 is 4.90 Å². The van der Waals surface area contributed by atoms with Crippen LogP contribution in [0.3, 0.4) is 0 Å². The zero-order chi connectivity index (χ0) is 31.2. The molecule has 0 aliphatic rings. The van der Waals surface area contributed by atoms with Crippen molar-refractivity contribution in [2.45, 2.75) is 0 Å². The SMILES string of the molecule is c1ccc(-c2nc3cc4c(cc3o2)oc2c(N(c3ccccc3)c3ccc(-c5ccccc5-c5ccccc5)cc3)cccc24)cc1. The Morgan fingerprint density at radius 3 is 1.72 bits per heavy atom. The minimum atomic E-state index is 0.600. The summed E-state index contributed by atoms with van der Waals surface area (Å²) < 4.78 is 12.8. The summed E-state index contributed by atoms with van der Waals surface area (Å²) in [5.41, 5.74) is 11.8. The second-order valence-corrected chi connectivity index (χ2v) is 11.6. The van der Waals surface area contributed by atoms with Gasteiger partial charge >= 0.3 is 0 Å². The first-order valence-electron chi connectivity index (χ1n) is 15.7. The van der Waals surface area contributed by atoms with Crippen molar-refractivity contribution in [1.82, 2.24) is 4.98 Å². The molecule has 2 heterocycles. The molecule has 0 atom stereocenters. The van der Waals surface area contributed by atoms with E-state index in [1.54, 1.807) is 0 Å². The van der Waals surface area contributed by atoms with Gasteiger partial charge in [-0.3, -0.25) is 0 Å². The average molecular weight is 605 g/mol. The summed E-state index contributed by atoms with van der Waals surface area (Å²) in [6.07, 6.45) is 0. The smallest absolute Gasteiger partial charge is 0.227 e. The van der Waals surface area contributed by atoms with Crippen molar-refractivity contribution in [3.05, 3.63) is 170 Å². The van der Waals surface area contributed by atoms with E-state index in [1.165, 1.54) is 16.7 Å². The normalized spacial score (nSPS) is 11.4. The molecule has 0 fully saturated rings. The number of aromatic nitrogens is 1. The predicted molar refractivity (Wildman–Crippen MR) is 192 cm³/mol. The topological polar surface area (TPSA) is 42.4 Å². The third-order valence-corrected chi connectivity index (χ3v) is 8.71. The highest BCUT2D eigenvalue weighted by Crippen LogP contribution is 2.43. The number of rotatable bonds is 6. The second-order valence-electron chi connectivity index (χ2n) is 11.6. The summed E-state index contributed by atoms with van der Waals surface area (Å²) in [4.78, 5) is 7.07. The number of benzene rings is 7.